The molecule has 4 rings (SSSR count). The number of imide groups is 1. The molecule has 2 N–H and O–H groups in total. The fourth-order valence-corrected chi connectivity index (χ4v) is 3.21. The maximum absolute atomic E-state index is 12.7. The summed E-state index contributed by atoms with van der Waals surface area (Å²) in [5, 5.41) is 20.8. The molecule has 0 spiro atoms. The summed E-state index contributed by atoms with van der Waals surface area (Å²) >= 11 is 2.16. The Labute approximate surface area is 155 Å². The predicted octanol–water partition coefficient (Wildman–Crippen LogP) is 2.44. The van der Waals surface area contributed by atoms with Gasteiger partial charge in [0.15, 0.2) is 11.5 Å². The van der Waals surface area contributed by atoms with Gasteiger partial charge in [0, 0.05) is 16.0 Å². The number of hydrogen-bond acceptors (Lipinski definition) is 6. The monoisotopic (exact) mass is 447 g/mol. The first kappa shape index (κ1) is 15.8. The number of fused-ring (bicyclic) bond motifs is 2. The maximum atomic E-state index is 12.7. The minimum absolute atomic E-state index is 0.0176. The molecule has 1 aliphatic rings. The number of carbonyl (C=O) groups is 2. The number of phenolic OH excluding ortho intramolecular Hbond substituents is 2. The van der Waals surface area contributed by atoms with Gasteiger partial charge in [-0.3, -0.25) is 14.5 Å². The number of nitrogens with zero attached hydrogens (tertiary/aromatic N) is 3. The summed E-state index contributed by atoms with van der Waals surface area (Å²) in [6.07, 6.45) is 2.66. The van der Waals surface area contributed by atoms with Crippen LogP contribution in [0.25, 0.3) is 11.0 Å². The summed E-state index contributed by atoms with van der Waals surface area (Å²) in [7, 11) is 0. The Balaban J connectivity index is 1.84. The van der Waals surface area contributed by atoms with Crippen LogP contribution < -0.4 is 0 Å². The molecule has 0 unspecified atom stereocenters. The number of aromatic hydroxyl groups is 2. The van der Waals surface area contributed by atoms with Gasteiger partial charge in [-0.05, 0) is 40.3 Å². The van der Waals surface area contributed by atoms with E-state index in [0.717, 1.165) is 14.0 Å². The van der Waals surface area contributed by atoms with Crippen molar-refractivity contribution in [3.05, 3.63) is 56.9 Å². The zero-order valence-corrected chi connectivity index (χ0v) is 14.8. The highest BCUT2D eigenvalue weighted by Gasteiger charge is 2.42. The molecule has 2 amide bonds. The van der Waals surface area contributed by atoms with E-state index >= 15 is 0 Å². The van der Waals surface area contributed by atoms with Gasteiger partial charge in [0.25, 0.3) is 11.8 Å². The zero-order chi connectivity index (χ0) is 17.7. The van der Waals surface area contributed by atoms with E-state index in [1.54, 1.807) is 0 Å². The number of phenols is 2. The second-order valence-corrected chi connectivity index (χ2v) is 6.77. The van der Waals surface area contributed by atoms with E-state index < -0.39 is 23.3 Å². The lowest BCUT2D eigenvalue weighted by atomic mass is 10.1. The van der Waals surface area contributed by atoms with Crippen LogP contribution in [-0.2, 0) is 6.54 Å². The Morgan fingerprint density at radius 1 is 0.880 bits per heavy atom. The first-order valence-electron chi connectivity index (χ1n) is 7.28. The third-order valence-corrected chi connectivity index (χ3v) is 4.76. The molecule has 0 saturated heterocycles. The first-order chi connectivity index (χ1) is 12.0. The molecule has 0 saturated carbocycles. The number of rotatable bonds is 2. The van der Waals surface area contributed by atoms with Gasteiger partial charge < -0.3 is 10.2 Å². The van der Waals surface area contributed by atoms with Crippen LogP contribution in [0.2, 0.25) is 0 Å². The number of benzene rings is 2. The van der Waals surface area contributed by atoms with Crippen LogP contribution >= 0.6 is 22.6 Å². The van der Waals surface area contributed by atoms with Crippen molar-refractivity contribution >= 4 is 45.4 Å². The lowest BCUT2D eigenvalue weighted by molar-refractivity contribution is 0.0641. The van der Waals surface area contributed by atoms with Crippen LogP contribution in [0.4, 0.5) is 0 Å². The SMILES string of the molecule is O=C1c2c(c(O)c3nccnc3c2O)C(=O)N1Cc1ccc(I)cc1. The highest BCUT2D eigenvalue weighted by molar-refractivity contribution is 14.1. The molecule has 0 aliphatic carbocycles. The van der Waals surface area contributed by atoms with Gasteiger partial charge in [0.2, 0.25) is 0 Å². The second-order valence-electron chi connectivity index (χ2n) is 5.52. The average molecular weight is 447 g/mol. The summed E-state index contributed by atoms with van der Waals surface area (Å²) in [5.41, 5.74) is 0.253. The van der Waals surface area contributed by atoms with Gasteiger partial charge in [0.1, 0.15) is 22.2 Å². The van der Waals surface area contributed by atoms with Crippen molar-refractivity contribution in [2.45, 2.75) is 6.54 Å². The minimum atomic E-state index is -0.668. The summed E-state index contributed by atoms with van der Waals surface area (Å²) < 4.78 is 1.03. The van der Waals surface area contributed by atoms with Crippen LogP contribution in [0.3, 0.4) is 0 Å². The van der Waals surface area contributed by atoms with Crippen molar-refractivity contribution in [3.8, 4) is 11.5 Å². The van der Waals surface area contributed by atoms with E-state index in [1.165, 1.54) is 12.4 Å². The average Bonchev–Trinajstić information content (AvgIpc) is 2.86. The lowest BCUT2D eigenvalue weighted by Crippen LogP contribution is -2.29. The van der Waals surface area contributed by atoms with Gasteiger partial charge in [-0.2, -0.15) is 0 Å². The first-order valence-corrected chi connectivity index (χ1v) is 8.36. The van der Waals surface area contributed by atoms with E-state index in [9.17, 15) is 19.8 Å². The Kier molecular flexibility index (Phi) is 3.57. The van der Waals surface area contributed by atoms with Gasteiger partial charge in [-0.1, -0.05) is 12.1 Å². The van der Waals surface area contributed by atoms with Crippen molar-refractivity contribution in [1.82, 2.24) is 14.9 Å². The van der Waals surface area contributed by atoms with Crippen LogP contribution in [0.1, 0.15) is 26.3 Å². The quantitative estimate of drug-likeness (QED) is 0.356. The Morgan fingerprint density at radius 3 is 1.84 bits per heavy atom. The normalized spacial score (nSPS) is 13.6. The van der Waals surface area contributed by atoms with E-state index in [2.05, 4.69) is 32.6 Å². The molecule has 2 aromatic carbocycles. The Morgan fingerprint density at radius 2 is 1.36 bits per heavy atom. The zero-order valence-electron chi connectivity index (χ0n) is 12.6. The Bertz CT molecular complexity index is 989. The summed E-state index contributed by atoms with van der Waals surface area (Å²) in [5.74, 6) is -2.23. The number of aromatic nitrogens is 2. The molecule has 1 aliphatic heterocycles. The summed E-state index contributed by atoms with van der Waals surface area (Å²) in [6, 6.07) is 7.35. The topological polar surface area (TPSA) is 104 Å². The van der Waals surface area contributed by atoms with Crippen molar-refractivity contribution in [2.24, 2.45) is 0 Å². The molecule has 3 aromatic rings. The molecule has 1 aromatic heterocycles. The van der Waals surface area contributed by atoms with Crippen LogP contribution in [0.5, 0.6) is 11.5 Å². The van der Waals surface area contributed by atoms with Crippen molar-refractivity contribution in [3.63, 3.8) is 0 Å². The van der Waals surface area contributed by atoms with E-state index in [0.29, 0.717) is 0 Å². The van der Waals surface area contributed by atoms with Crippen LogP contribution in [-0.4, -0.2) is 36.9 Å². The third kappa shape index (κ3) is 2.32. The second kappa shape index (κ2) is 5.66. The molecule has 0 radical (unpaired) electrons. The molecule has 8 heteroatoms. The molecular formula is C17H10IN3O4. The highest BCUT2D eigenvalue weighted by Crippen LogP contribution is 2.42. The third-order valence-electron chi connectivity index (χ3n) is 4.04. The molecular weight excluding hydrogens is 437 g/mol. The molecule has 0 fully saturated rings. The molecule has 124 valence electrons. The van der Waals surface area contributed by atoms with Gasteiger partial charge in [-0.15, -0.1) is 0 Å². The highest BCUT2D eigenvalue weighted by atomic mass is 127. The van der Waals surface area contributed by atoms with Crippen molar-refractivity contribution < 1.29 is 19.8 Å². The van der Waals surface area contributed by atoms with Crippen molar-refractivity contribution in [2.75, 3.05) is 0 Å². The van der Waals surface area contributed by atoms with Gasteiger partial charge >= 0.3 is 0 Å². The standard InChI is InChI=1S/C17H10IN3O4/c18-9-3-1-8(2-4-9)7-21-16(24)10-11(17(21)25)15(23)13-12(14(10)22)19-5-6-20-13/h1-6,22-23H,7H2. The lowest BCUT2D eigenvalue weighted by Gasteiger charge is -2.13. The number of amides is 2. The van der Waals surface area contributed by atoms with Gasteiger partial charge in [-0.25, -0.2) is 9.97 Å². The van der Waals surface area contributed by atoms with Crippen LogP contribution in [0, 0.1) is 3.57 Å². The number of hydrogen-bond donors (Lipinski definition) is 2. The molecule has 7 nitrogen and oxygen atoms in total. The smallest absolute Gasteiger partial charge is 0.265 e. The summed E-state index contributed by atoms with van der Waals surface area (Å²) in [6.45, 7) is 0.0410. The number of halogens is 1. The Hall–Kier alpha value is -2.75. The fraction of sp³-hybridized carbons (Fsp3) is 0.0588. The minimum Gasteiger partial charge on any atom is -0.505 e. The fourth-order valence-electron chi connectivity index (χ4n) is 2.85. The number of carbonyl (C=O) groups excluding carboxylic acids is 2. The molecule has 0 atom stereocenters. The van der Waals surface area contributed by atoms with Crippen molar-refractivity contribution in [1.29, 1.82) is 0 Å². The van der Waals surface area contributed by atoms with E-state index in [-0.39, 0.29) is 28.7 Å². The van der Waals surface area contributed by atoms with E-state index in [4.69, 9.17) is 0 Å². The maximum Gasteiger partial charge on any atom is 0.265 e. The van der Waals surface area contributed by atoms with Gasteiger partial charge in [0.05, 0.1) is 6.54 Å². The summed E-state index contributed by atoms with van der Waals surface area (Å²) in [4.78, 5) is 34.2. The van der Waals surface area contributed by atoms with E-state index in [1.807, 2.05) is 24.3 Å². The molecule has 0 bridgehead atoms. The largest absolute Gasteiger partial charge is 0.505 e. The van der Waals surface area contributed by atoms with Crippen LogP contribution in [0.15, 0.2) is 36.7 Å². The molecule has 25 heavy (non-hydrogen) atoms. The molecule has 2 heterocycles. The predicted molar refractivity (Wildman–Crippen MR) is 96.2 cm³/mol.